The summed E-state index contributed by atoms with van der Waals surface area (Å²) in [6.45, 7) is 9.77. The van der Waals surface area contributed by atoms with Crippen molar-refractivity contribution in [3.63, 3.8) is 0 Å². The zero-order chi connectivity index (χ0) is 16.7. The standard InChI is InChI=1S/C18H25NO3/c1-17(2,3)11-6-8-14(18(4,5)22)13(10-11)12-7-9-15(20)19-16(12)21/h6,8,10,12,22H,7,9H2,1-5H3,(H,19,20,21). The van der Waals surface area contributed by atoms with Gasteiger partial charge in [-0.15, -0.1) is 0 Å². The van der Waals surface area contributed by atoms with E-state index in [0.717, 1.165) is 16.7 Å². The predicted octanol–water partition coefficient (Wildman–Crippen LogP) is 2.73. The van der Waals surface area contributed by atoms with Crippen molar-refractivity contribution in [2.45, 2.75) is 64.4 Å². The molecule has 1 aliphatic heterocycles. The van der Waals surface area contributed by atoms with Crippen LogP contribution in [0, 0.1) is 0 Å². The molecule has 1 saturated heterocycles. The average molecular weight is 303 g/mol. The van der Waals surface area contributed by atoms with E-state index in [1.165, 1.54) is 0 Å². The van der Waals surface area contributed by atoms with E-state index in [2.05, 4.69) is 26.1 Å². The molecule has 0 saturated carbocycles. The van der Waals surface area contributed by atoms with Crippen molar-refractivity contribution in [3.05, 3.63) is 34.9 Å². The number of hydrogen-bond donors (Lipinski definition) is 2. The Bertz CT molecular complexity index is 606. The van der Waals surface area contributed by atoms with Gasteiger partial charge in [-0.25, -0.2) is 0 Å². The van der Waals surface area contributed by atoms with Gasteiger partial charge in [0.2, 0.25) is 11.8 Å². The Labute approximate surface area is 131 Å². The van der Waals surface area contributed by atoms with Crippen molar-refractivity contribution in [1.29, 1.82) is 0 Å². The minimum Gasteiger partial charge on any atom is -0.386 e. The Kier molecular flexibility index (Phi) is 4.18. The van der Waals surface area contributed by atoms with Gasteiger partial charge in [-0.05, 0) is 42.4 Å². The molecular formula is C18H25NO3. The van der Waals surface area contributed by atoms with Gasteiger partial charge < -0.3 is 5.11 Å². The SMILES string of the molecule is CC(C)(C)c1ccc(C(C)(C)O)c(C2CCC(=O)NC2=O)c1. The molecule has 120 valence electrons. The van der Waals surface area contributed by atoms with E-state index in [0.29, 0.717) is 12.8 Å². The van der Waals surface area contributed by atoms with Crippen LogP contribution in [-0.4, -0.2) is 16.9 Å². The first-order chi connectivity index (χ1) is 10.00. The fourth-order valence-corrected chi connectivity index (χ4v) is 2.86. The highest BCUT2D eigenvalue weighted by Gasteiger charge is 2.33. The monoisotopic (exact) mass is 303 g/mol. The third-order valence-electron chi connectivity index (χ3n) is 4.19. The van der Waals surface area contributed by atoms with Crippen LogP contribution in [0.5, 0.6) is 0 Å². The fraction of sp³-hybridized carbons (Fsp3) is 0.556. The number of nitrogens with one attached hydrogen (secondary N) is 1. The minimum atomic E-state index is -1.03. The van der Waals surface area contributed by atoms with Crippen LogP contribution in [-0.2, 0) is 20.6 Å². The number of benzene rings is 1. The van der Waals surface area contributed by atoms with Gasteiger partial charge >= 0.3 is 0 Å². The number of piperidine rings is 1. The zero-order valence-corrected chi connectivity index (χ0v) is 14.0. The van der Waals surface area contributed by atoms with E-state index in [9.17, 15) is 14.7 Å². The molecule has 1 heterocycles. The van der Waals surface area contributed by atoms with E-state index in [4.69, 9.17) is 0 Å². The number of carbonyl (C=O) groups excluding carboxylic acids is 2. The highest BCUT2D eigenvalue weighted by molar-refractivity contribution is 6.01. The van der Waals surface area contributed by atoms with E-state index in [-0.39, 0.29) is 23.1 Å². The molecule has 1 unspecified atom stereocenters. The summed E-state index contributed by atoms with van der Waals surface area (Å²) in [4.78, 5) is 23.6. The highest BCUT2D eigenvalue weighted by atomic mass is 16.3. The first-order valence-corrected chi connectivity index (χ1v) is 7.71. The zero-order valence-electron chi connectivity index (χ0n) is 14.0. The number of rotatable bonds is 2. The molecular weight excluding hydrogens is 278 g/mol. The molecule has 2 rings (SSSR count). The van der Waals surface area contributed by atoms with E-state index in [1.54, 1.807) is 13.8 Å². The van der Waals surface area contributed by atoms with Crippen LogP contribution in [0.25, 0.3) is 0 Å². The van der Waals surface area contributed by atoms with Crippen molar-refractivity contribution < 1.29 is 14.7 Å². The lowest BCUT2D eigenvalue weighted by Crippen LogP contribution is -2.40. The van der Waals surface area contributed by atoms with Crippen molar-refractivity contribution in [1.82, 2.24) is 5.32 Å². The first kappa shape index (κ1) is 16.7. The second kappa shape index (κ2) is 5.51. The van der Waals surface area contributed by atoms with Gasteiger partial charge in [0.1, 0.15) is 0 Å². The van der Waals surface area contributed by atoms with Crippen LogP contribution >= 0.6 is 0 Å². The molecule has 1 aromatic carbocycles. The van der Waals surface area contributed by atoms with Gasteiger partial charge in [0.25, 0.3) is 0 Å². The molecule has 2 amide bonds. The lowest BCUT2D eigenvalue weighted by Gasteiger charge is -2.30. The van der Waals surface area contributed by atoms with Gasteiger partial charge in [-0.2, -0.15) is 0 Å². The molecule has 1 fully saturated rings. The van der Waals surface area contributed by atoms with Crippen LogP contribution in [0.15, 0.2) is 18.2 Å². The third kappa shape index (κ3) is 3.38. The Morgan fingerprint density at radius 3 is 2.27 bits per heavy atom. The van der Waals surface area contributed by atoms with Gasteiger partial charge in [0, 0.05) is 6.42 Å². The number of imide groups is 1. The number of amides is 2. The molecule has 0 aromatic heterocycles. The number of carbonyl (C=O) groups is 2. The molecule has 0 radical (unpaired) electrons. The summed E-state index contributed by atoms with van der Waals surface area (Å²) < 4.78 is 0. The number of hydrogen-bond acceptors (Lipinski definition) is 3. The molecule has 4 heteroatoms. The van der Waals surface area contributed by atoms with Crippen LogP contribution in [0.1, 0.15) is 70.1 Å². The summed E-state index contributed by atoms with van der Waals surface area (Å²) in [5.74, 6) is -0.882. The van der Waals surface area contributed by atoms with Gasteiger partial charge in [-0.3, -0.25) is 14.9 Å². The second-order valence-corrected chi connectivity index (χ2v) is 7.61. The highest BCUT2D eigenvalue weighted by Crippen LogP contribution is 2.36. The molecule has 0 aliphatic carbocycles. The molecule has 1 atom stereocenters. The molecule has 1 aliphatic rings. The van der Waals surface area contributed by atoms with Crippen LogP contribution in [0.4, 0.5) is 0 Å². The summed E-state index contributed by atoms with van der Waals surface area (Å²) in [7, 11) is 0. The van der Waals surface area contributed by atoms with Gasteiger partial charge in [0.05, 0.1) is 11.5 Å². The van der Waals surface area contributed by atoms with Crippen molar-refractivity contribution in [3.8, 4) is 0 Å². The second-order valence-electron chi connectivity index (χ2n) is 7.61. The summed E-state index contributed by atoms with van der Waals surface area (Å²) >= 11 is 0. The largest absolute Gasteiger partial charge is 0.386 e. The van der Waals surface area contributed by atoms with Crippen molar-refractivity contribution >= 4 is 11.8 Å². The third-order valence-corrected chi connectivity index (χ3v) is 4.19. The molecule has 1 aromatic rings. The minimum absolute atomic E-state index is 0.0478. The van der Waals surface area contributed by atoms with Crippen LogP contribution in [0.3, 0.4) is 0 Å². The molecule has 22 heavy (non-hydrogen) atoms. The maximum absolute atomic E-state index is 12.2. The topological polar surface area (TPSA) is 66.4 Å². The maximum Gasteiger partial charge on any atom is 0.234 e. The Morgan fingerprint density at radius 2 is 1.77 bits per heavy atom. The number of aliphatic hydroxyl groups is 1. The van der Waals surface area contributed by atoms with Gasteiger partial charge in [0.15, 0.2) is 0 Å². The summed E-state index contributed by atoms with van der Waals surface area (Å²) in [5, 5.41) is 12.8. The van der Waals surface area contributed by atoms with Crippen LogP contribution in [0.2, 0.25) is 0 Å². The molecule has 0 bridgehead atoms. The first-order valence-electron chi connectivity index (χ1n) is 7.71. The fourth-order valence-electron chi connectivity index (χ4n) is 2.86. The van der Waals surface area contributed by atoms with E-state index < -0.39 is 5.60 Å². The summed E-state index contributed by atoms with van der Waals surface area (Å²) in [6.07, 6.45) is 0.822. The molecule has 4 nitrogen and oxygen atoms in total. The predicted molar refractivity (Wildman–Crippen MR) is 85.5 cm³/mol. The van der Waals surface area contributed by atoms with Crippen molar-refractivity contribution in [2.24, 2.45) is 0 Å². The smallest absolute Gasteiger partial charge is 0.234 e. The van der Waals surface area contributed by atoms with Crippen LogP contribution < -0.4 is 5.32 Å². The summed E-state index contributed by atoms with van der Waals surface area (Å²) in [5.41, 5.74) is 1.60. The quantitative estimate of drug-likeness (QED) is 0.826. The Balaban J connectivity index is 2.55. The lowest BCUT2D eigenvalue weighted by atomic mass is 9.78. The van der Waals surface area contributed by atoms with E-state index >= 15 is 0 Å². The normalized spacial score (nSPS) is 20.0. The van der Waals surface area contributed by atoms with Gasteiger partial charge in [-0.1, -0.05) is 39.0 Å². The molecule has 2 N–H and O–H groups in total. The lowest BCUT2D eigenvalue weighted by molar-refractivity contribution is -0.134. The maximum atomic E-state index is 12.2. The van der Waals surface area contributed by atoms with E-state index in [1.807, 2.05) is 18.2 Å². The average Bonchev–Trinajstić information content (AvgIpc) is 2.36. The van der Waals surface area contributed by atoms with Crippen molar-refractivity contribution in [2.75, 3.05) is 0 Å². The molecule has 0 spiro atoms. The summed E-state index contributed by atoms with van der Waals surface area (Å²) in [6, 6.07) is 5.91. The Morgan fingerprint density at radius 1 is 1.14 bits per heavy atom. The Hall–Kier alpha value is -1.68.